The van der Waals surface area contributed by atoms with E-state index in [0.717, 1.165) is 31.6 Å². The number of aromatic nitrogens is 1. The first-order valence-electron chi connectivity index (χ1n) is 6.39. The van der Waals surface area contributed by atoms with Crippen molar-refractivity contribution in [2.45, 2.75) is 0 Å². The Kier molecular flexibility index (Phi) is 2.98. The van der Waals surface area contributed by atoms with Crippen LogP contribution in [0.25, 0.3) is 10.9 Å². The molecule has 3 rings (SSSR count). The molecule has 5 heteroatoms. The highest BCUT2D eigenvalue weighted by atomic mass is 19.1. The number of H-pyrrole nitrogens is 1. The predicted octanol–water partition coefficient (Wildman–Crippen LogP) is 1.69. The van der Waals surface area contributed by atoms with Gasteiger partial charge < -0.3 is 14.8 Å². The van der Waals surface area contributed by atoms with Gasteiger partial charge in [-0.25, -0.2) is 4.39 Å². The van der Waals surface area contributed by atoms with Crippen molar-refractivity contribution in [3.05, 3.63) is 35.8 Å². The molecule has 1 aliphatic heterocycles. The summed E-state index contributed by atoms with van der Waals surface area (Å²) in [5, 5.41) is 0.783. The van der Waals surface area contributed by atoms with Crippen molar-refractivity contribution in [2.75, 3.05) is 33.2 Å². The summed E-state index contributed by atoms with van der Waals surface area (Å²) in [6.45, 7) is 3.26. The van der Waals surface area contributed by atoms with Gasteiger partial charge in [0.1, 0.15) is 5.82 Å². The maximum atomic E-state index is 13.1. The van der Waals surface area contributed by atoms with Gasteiger partial charge in [0, 0.05) is 43.3 Å². The Bertz CT molecular complexity index is 614. The largest absolute Gasteiger partial charge is 0.360 e. The second-order valence-electron chi connectivity index (χ2n) is 4.99. The van der Waals surface area contributed by atoms with Crippen LogP contribution in [-0.2, 0) is 0 Å². The van der Waals surface area contributed by atoms with Gasteiger partial charge in [-0.15, -0.1) is 0 Å². The zero-order valence-electron chi connectivity index (χ0n) is 10.8. The average molecular weight is 261 g/mol. The second-order valence-corrected chi connectivity index (χ2v) is 4.99. The number of carbonyl (C=O) groups excluding carboxylic acids is 1. The van der Waals surface area contributed by atoms with Crippen molar-refractivity contribution in [1.82, 2.24) is 14.8 Å². The molecule has 0 bridgehead atoms. The third-order valence-electron chi connectivity index (χ3n) is 3.66. The molecular weight excluding hydrogens is 245 g/mol. The van der Waals surface area contributed by atoms with Crippen LogP contribution in [-0.4, -0.2) is 53.9 Å². The fraction of sp³-hybridized carbons (Fsp3) is 0.357. The van der Waals surface area contributed by atoms with Crippen LogP contribution in [0.5, 0.6) is 0 Å². The first-order chi connectivity index (χ1) is 9.15. The number of aromatic amines is 1. The number of carbonyl (C=O) groups is 1. The highest BCUT2D eigenvalue weighted by molar-refractivity contribution is 6.06. The number of likely N-dealkylation sites (N-methyl/N-ethyl adjacent to an activating group) is 1. The predicted molar refractivity (Wildman–Crippen MR) is 71.7 cm³/mol. The molecule has 1 amide bonds. The summed E-state index contributed by atoms with van der Waals surface area (Å²) in [5.74, 6) is -0.279. The molecule has 0 radical (unpaired) electrons. The van der Waals surface area contributed by atoms with Crippen LogP contribution in [0, 0.1) is 5.82 Å². The van der Waals surface area contributed by atoms with Crippen molar-refractivity contribution < 1.29 is 9.18 Å². The lowest BCUT2D eigenvalue weighted by molar-refractivity contribution is 0.0666. The summed E-state index contributed by atoms with van der Waals surface area (Å²) in [7, 11) is 2.05. The van der Waals surface area contributed by atoms with Gasteiger partial charge in [0.15, 0.2) is 0 Å². The van der Waals surface area contributed by atoms with Crippen LogP contribution in [0.4, 0.5) is 4.39 Å². The molecule has 19 heavy (non-hydrogen) atoms. The number of halogens is 1. The molecule has 1 aromatic carbocycles. The smallest absolute Gasteiger partial charge is 0.256 e. The maximum Gasteiger partial charge on any atom is 0.256 e. The number of nitrogens with zero attached hydrogens (tertiary/aromatic N) is 2. The molecule has 1 aromatic heterocycles. The van der Waals surface area contributed by atoms with E-state index >= 15 is 0 Å². The van der Waals surface area contributed by atoms with Crippen molar-refractivity contribution in [2.24, 2.45) is 0 Å². The summed E-state index contributed by atoms with van der Waals surface area (Å²) in [6, 6.07) is 4.46. The third kappa shape index (κ3) is 2.21. The van der Waals surface area contributed by atoms with Gasteiger partial charge in [-0.3, -0.25) is 4.79 Å². The molecule has 0 atom stereocenters. The molecule has 0 saturated carbocycles. The van der Waals surface area contributed by atoms with Gasteiger partial charge in [0.25, 0.3) is 5.91 Å². The van der Waals surface area contributed by atoms with Crippen LogP contribution in [0.15, 0.2) is 24.4 Å². The molecule has 0 unspecified atom stereocenters. The summed E-state index contributed by atoms with van der Waals surface area (Å²) >= 11 is 0. The molecule has 100 valence electrons. The third-order valence-corrected chi connectivity index (χ3v) is 3.66. The number of hydrogen-bond donors (Lipinski definition) is 1. The minimum atomic E-state index is -0.298. The molecule has 1 N–H and O–H groups in total. The standard InChI is InChI=1S/C14H16FN3O/c1-17-4-6-18(7-5-17)14(19)12-9-16-13-8-10(15)2-3-11(12)13/h2-3,8-9,16H,4-7H2,1H3. The van der Waals surface area contributed by atoms with Crippen LogP contribution in [0.3, 0.4) is 0 Å². The van der Waals surface area contributed by atoms with Crippen molar-refractivity contribution in [1.29, 1.82) is 0 Å². The number of amides is 1. The highest BCUT2D eigenvalue weighted by Gasteiger charge is 2.22. The normalized spacial score (nSPS) is 17.1. The Balaban J connectivity index is 1.89. The topological polar surface area (TPSA) is 39.3 Å². The zero-order chi connectivity index (χ0) is 13.4. The fourth-order valence-corrected chi connectivity index (χ4v) is 2.46. The van der Waals surface area contributed by atoms with Gasteiger partial charge >= 0.3 is 0 Å². The lowest BCUT2D eigenvalue weighted by Gasteiger charge is -2.32. The van der Waals surface area contributed by atoms with Crippen LogP contribution in [0.2, 0.25) is 0 Å². The molecule has 2 aromatic rings. The van der Waals surface area contributed by atoms with E-state index in [2.05, 4.69) is 16.9 Å². The van der Waals surface area contributed by atoms with E-state index in [4.69, 9.17) is 0 Å². The Morgan fingerprint density at radius 1 is 1.26 bits per heavy atom. The number of hydrogen-bond acceptors (Lipinski definition) is 2. The Hall–Kier alpha value is -1.88. The Morgan fingerprint density at radius 2 is 2.00 bits per heavy atom. The van der Waals surface area contributed by atoms with Gasteiger partial charge in [-0.1, -0.05) is 0 Å². The van der Waals surface area contributed by atoms with E-state index < -0.39 is 0 Å². The number of piperazine rings is 1. The van der Waals surface area contributed by atoms with Crippen LogP contribution in [0.1, 0.15) is 10.4 Å². The van der Waals surface area contributed by atoms with Gasteiger partial charge in [-0.2, -0.15) is 0 Å². The van der Waals surface area contributed by atoms with Crippen LogP contribution < -0.4 is 0 Å². The maximum absolute atomic E-state index is 13.1. The van der Waals surface area contributed by atoms with Crippen molar-refractivity contribution in [3.63, 3.8) is 0 Å². The van der Waals surface area contributed by atoms with E-state index in [1.165, 1.54) is 12.1 Å². The lowest BCUT2D eigenvalue weighted by atomic mass is 10.1. The van der Waals surface area contributed by atoms with Gasteiger partial charge in [0.05, 0.1) is 5.56 Å². The summed E-state index contributed by atoms with van der Waals surface area (Å²) < 4.78 is 13.1. The first-order valence-corrected chi connectivity index (χ1v) is 6.39. The first kappa shape index (κ1) is 12.2. The minimum absolute atomic E-state index is 0.0194. The number of rotatable bonds is 1. The minimum Gasteiger partial charge on any atom is -0.360 e. The number of benzene rings is 1. The monoisotopic (exact) mass is 261 g/mol. The summed E-state index contributed by atoms with van der Waals surface area (Å²) in [4.78, 5) is 19.5. The van der Waals surface area contributed by atoms with E-state index in [9.17, 15) is 9.18 Å². The highest BCUT2D eigenvalue weighted by Crippen LogP contribution is 2.21. The van der Waals surface area contributed by atoms with Crippen molar-refractivity contribution >= 4 is 16.8 Å². The van der Waals surface area contributed by atoms with E-state index in [1.807, 2.05) is 4.90 Å². The summed E-state index contributed by atoms with van der Waals surface area (Å²) in [5.41, 5.74) is 1.29. The fourth-order valence-electron chi connectivity index (χ4n) is 2.46. The quantitative estimate of drug-likeness (QED) is 0.848. The molecule has 0 aliphatic carbocycles. The van der Waals surface area contributed by atoms with E-state index in [1.54, 1.807) is 12.3 Å². The molecule has 1 aliphatic rings. The number of fused-ring (bicyclic) bond motifs is 1. The SMILES string of the molecule is CN1CCN(C(=O)c2c[nH]c3cc(F)ccc23)CC1. The molecule has 2 heterocycles. The average Bonchev–Trinajstić information content (AvgIpc) is 2.81. The van der Waals surface area contributed by atoms with Gasteiger partial charge in [-0.05, 0) is 25.2 Å². The van der Waals surface area contributed by atoms with E-state index in [0.29, 0.717) is 11.1 Å². The second kappa shape index (κ2) is 4.66. The van der Waals surface area contributed by atoms with Gasteiger partial charge in [0.2, 0.25) is 0 Å². The molecule has 1 fully saturated rings. The zero-order valence-corrected chi connectivity index (χ0v) is 10.8. The number of nitrogens with one attached hydrogen (secondary N) is 1. The molecule has 4 nitrogen and oxygen atoms in total. The summed E-state index contributed by atoms with van der Waals surface area (Å²) in [6.07, 6.45) is 1.67. The lowest BCUT2D eigenvalue weighted by Crippen LogP contribution is -2.47. The molecule has 1 saturated heterocycles. The Labute approximate surface area is 110 Å². The van der Waals surface area contributed by atoms with Crippen molar-refractivity contribution in [3.8, 4) is 0 Å². The van der Waals surface area contributed by atoms with Crippen LogP contribution >= 0.6 is 0 Å². The molecule has 0 spiro atoms. The molecular formula is C14H16FN3O. The van der Waals surface area contributed by atoms with E-state index in [-0.39, 0.29) is 11.7 Å². The Morgan fingerprint density at radius 3 is 2.74 bits per heavy atom.